The van der Waals surface area contributed by atoms with Gasteiger partial charge in [0.15, 0.2) is 0 Å². The molecule has 1 aromatic rings. The van der Waals surface area contributed by atoms with Crippen molar-refractivity contribution in [1.82, 2.24) is 4.90 Å². The zero-order valence-corrected chi connectivity index (χ0v) is 11.5. The second-order valence-corrected chi connectivity index (χ2v) is 5.00. The number of rotatable bonds is 2. The van der Waals surface area contributed by atoms with Crippen molar-refractivity contribution in [2.75, 3.05) is 20.2 Å². The molecule has 1 heterocycles. The SMILES string of the molecule is CO[C@@H]1CCN(C(=O)c2cc(C(F)(F)F)ccc2Cl)C1. The Labute approximate surface area is 119 Å². The number of hydrogen-bond donors (Lipinski definition) is 0. The number of hydrogen-bond acceptors (Lipinski definition) is 2. The van der Waals surface area contributed by atoms with Gasteiger partial charge in [-0.2, -0.15) is 13.2 Å². The highest BCUT2D eigenvalue weighted by atomic mass is 35.5. The third kappa shape index (κ3) is 3.07. The van der Waals surface area contributed by atoms with Gasteiger partial charge in [0.05, 0.1) is 22.3 Å². The highest BCUT2D eigenvalue weighted by Gasteiger charge is 2.33. The van der Waals surface area contributed by atoms with Gasteiger partial charge < -0.3 is 9.64 Å². The number of benzene rings is 1. The number of likely N-dealkylation sites (tertiary alicyclic amines) is 1. The third-order valence-electron chi connectivity index (χ3n) is 3.29. The van der Waals surface area contributed by atoms with Crippen LogP contribution in [-0.4, -0.2) is 37.1 Å². The third-order valence-corrected chi connectivity index (χ3v) is 3.62. The molecule has 3 nitrogen and oxygen atoms in total. The molecule has 0 aliphatic carbocycles. The molecule has 0 bridgehead atoms. The molecule has 1 aromatic carbocycles. The van der Waals surface area contributed by atoms with Gasteiger partial charge in [0, 0.05) is 20.2 Å². The van der Waals surface area contributed by atoms with Crippen molar-refractivity contribution in [3.05, 3.63) is 34.3 Å². The van der Waals surface area contributed by atoms with E-state index in [0.29, 0.717) is 19.5 Å². The number of methoxy groups -OCH3 is 1. The van der Waals surface area contributed by atoms with Crippen LogP contribution in [0.15, 0.2) is 18.2 Å². The Bertz CT molecular complexity index is 519. The van der Waals surface area contributed by atoms with Crippen LogP contribution in [0.4, 0.5) is 13.2 Å². The van der Waals surface area contributed by atoms with E-state index in [1.165, 1.54) is 12.0 Å². The Morgan fingerprint density at radius 3 is 2.70 bits per heavy atom. The van der Waals surface area contributed by atoms with E-state index in [1.54, 1.807) is 0 Å². The normalized spacial score (nSPS) is 19.4. The summed E-state index contributed by atoms with van der Waals surface area (Å²) < 4.78 is 43.1. The lowest BCUT2D eigenvalue weighted by molar-refractivity contribution is -0.137. The van der Waals surface area contributed by atoms with Crippen LogP contribution in [0.1, 0.15) is 22.3 Å². The molecule has 1 atom stereocenters. The Hall–Kier alpha value is -1.27. The molecule has 20 heavy (non-hydrogen) atoms. The van der Waals surface area contributed by atoms with Gasteiger partial charge in [0.25, 0.3) is 5.91 Å². The molecule has 0 spiro atoms. The van der Waals surface area contributed by atoms with Crippen LogP contribution in [0, 0.1) is 0 Å². The van der Waals surface area contributed by atoms with Crippen molar-refractivity contribution in [3.8, 4) is 0 Å². The van der Waals surface area contributed by atoms with E-state index in [9.17, 15) is 18.0 Å². The maximum absolute atomic E-state index is 12.7. The largest absolute Gasteiger partial charge is 0.416 e. The van der Waals surface area contributed by atoms with Gasteiger partial charge in [0.1, 0.15) is 0 Å². The zero-order chi connectivity index (χ0) is 14.9. The van der Waals surface area contributed by atoms with E-state index in [2.05, 4.69) is 0 Å². The van der Waals surface area contributed by atoms with E-state index in [0.717, 1.165) is 18.2 Å². The fourth-order valence-corrected chi connectivity index (χ4v) is 2.34. The molecule has 1 amide bonds. The summed E-state index contributed by atoms with van der Waals surface area (Å²) in [6.45, 7) is 0.811. The molecule has 1 aliphatic heterocycles. The first kappa shape index (κ1) is 15.1. The first-order valence-electron chi connectivity index (χ1n) is 6.01. The van der Waals surface area contributed by atoms with E-state index in [4.69, 9.17) is 16.3 Å². The summed E-state index contributed by atoms with van der Waals surface area (Å²) in [6.07, 6.45) is -3.91. The smallest absolute Gasteiger partial charge is 0.380 e. The molecule has 0 radical (unpaired) electrons. The summed E-state index contributed by atoms with van der Waals surface area (Å²) in [7, 11) is 1.54. The predicted octanol–water partition coefficient (Wildman–Crippen LogP) is 3.22. The van der Waals surface area contributed by atoms with E-state index in [-0.39, 0.29) is 16.7 Å². The van der Waals surface area contributed by atoms with Crippen molar-refractivity contribution in [3.63, 3.8) is 0 Å². The second kappa shape index (κ2) is 5.61. The fourth-order valence-electron chi connectivity index (χ4n) is 2.14. The van der Waals surface area contributed by atoms with E-state index < -0.39 is 17.6 Å². The topological polar surface area (TPSA) is 29.5 Å². The van der Waals surface area contributed by atoms with Crippen LogP contribution < -0.4 is 0 Å². The minimum atomic E-state index is -4.50. The fraction of sp³-hybridized carbons (Fsp3) is 0.462. The molecule has 1 aliphatic rings. The maximum atomic E-state index is 12.7. The molecule has 0 aromatic heterocycles. The molecule has 0 unspecified atom stereocenters. The molecule has 0 saturated carbocycles. The van der Waals surface area contributed by atoms with Crippen molar-refractivity contribution in [2.24, 2.45) is 0 Å². The molecular formula is C13H13ClF3NO2. The first-order chi connectivity index (χ1) is 9.32. The lowest BCUT2D eigenvalue weighted by Crippen LogP contribution is -2.30. The number of amides is 1. The van der Waals surface area contributed by atoms with Crippen LogP contribution in [0.2, 0.25) is 5.02 Å². The van der Waals surface area contributed by atoms with Crippen LogP contribution in [-0.2, 0) is 10.9 Å². The van der Waals surface area contributed by atoms with Gasteiger partial charge in [-0.25, -0.2) is 0 Å². The summed E-state index contributed by atoms with van der Waals surface area (Å²) in [5, 5.41) is 0.0175. The number of carbonyl (C=O) groups is 1. The number of nitrogens with zero attached hydrogens (tertiary/aromatic N) is 1. The Kier molecular flexibility index (Phi) is 4.25. The standard InChI is InChI=1S/C13H13ClF3NO2/c1-20-9-4-5-18(7-9)12(19)10-6-8(13(15,16)17)2-3-11(10)14/h2-3,6,9H,4-5,7H2,1H3/t9-/m1/s1. The molecule has 1 saturated heterocycles. The molecule has 110 valence electrons. The van der Waals surface area contributed by atoms with Crippen molar-refractivity contribution in [1.29, 1.82) is 0 Å². The summed E-state index contributed by atoms with van der Waals surface area (Å²) in [4.78, 5) is 13.7. The van der Waals surface area contributed by atoms with Crippen LogP contribution >= 0.6 is 11.6 Å². The zero-order valence-electron chi connectivity index (χ0n) is 10.7. The molecular weight excluding hydrogens is 295 g/mol. The predicted molar refractivity (Wildman–Crippen MR) is 67.8 cm³/mol. The van der Waals surface area contributed by atoms with Crippen molar-refractivity contribution in [2.45, 2.75) is 18.7 Å². The van der Waals surface area contributed by atoms with Gasteiger partial charge in [-0.1, -0.05) is 11.6 Å². The highest BCUT2D eigenvalue weighted by Crippen LogP contribution is 2.32. The first-order valence-corrected chi connectivity index (χ1v) is 6.39. The Morgan fingerprint density at radius 1 is 1.45 bits per heavy atom. The minimum Gasteiger partial charge on any atom is -0.380 e. The summed E-state index contributed by atoms with van der Waals surface area (Å²) >= 11 is 5.84. The van der Waals surface area contributed by atoms with Gasteiger partial charge in [-0.05, 0) is 24.6 Å². The van der Waals surface area contributed by atoms with Gasteiger partial charge >= 0.3 is 6.18 Å². The summed E-state index contributed by atoms with van der Waals surface area (Å²) in [5.74, 6) is -0.499. The molecule has 1 fully saturated rings. The Balaban J connectivity index is 2.26. The second-order valence-electron chi connectivity index (χ2n) is 4.59. The molecule has 7 heteroatoms. The quantitative estimate of drug-likeness (QED) is 0.839. The molecule has 2 rings (SSSR count). The summed E-state index contributed by atoms with van der Waals surface area (Å²) in [6, 6.07) is 2.76. The number of carbonyl (C=O) groups excluding carboxylic acids is 1. The Morgan fingerprint density at radius 2 is 2.15 bits per heavy atom. The monoisotopic (exact) mass is 307 g/mol. The van der Waals surface area contributed by atoms with E-state index >= 15 is 0 Å². The van der Waals surface area contributed by atoms with Crippen LogP contribution in [0.3, 0.4) is 0 Å². The van der Waals surface area contributed by atoms with Crippen LogP contribution in [0.25, 0.3) is 0 Å². The van der Waals surface area contributed by atoms with Gasteiger partial charge in [-0.3, -0.25) is 4.79 Å². The van der Waals surface area contributed by atoms with Gasteiger partial charge in [0.2, 0.25) is 0 Å². The van der Waals surface area contributed by atoms with Gasteiger partial charge in [-0.15, -0.1) is 0 Å². The van der Waals surface area contributed by atoms with Crippen molar-refractivity contribution >= 4 is 17.5 Å². The molecule has 0 N–H and O–H groups in total. The lowest BCUT2D eigenvalue weighted by atomic mass is 10.1. The summed E-state index contributed by atoms with van der Waals surface area (Å²) in [5.41, 5.74) is -1.01. The average molecular weight is 308 g/mol. The minimum absolute atomic E-state index is 0.0175. The number of halogens is 4. The maximum Gasteiger partial charge on any atom is 0.416 e. The van der Waals surface area contributed by atoms with Crippen molar-refractivity contribution < 1.29 is 22.7 Å². The van der Waals surface area contributed by atoms with Crippen LogP contribution in [0.5, 0.6) is 0 Å². The number of alkyl halides is 3. The average Bonchev–Trinajstić information content (AvgIpc) is 2.86. The van der Waals surface area contributed by atoms with E-state index in [1.807, 2.05) is 0 Å². The number of ether oxygens (including phenoxy) is 1. The highest BCUT2D eigenvalue weighted by molar-refractivity contribution is 6.33. The lowest BCUT2D eigenvalue weighted by Gasteiger charge is -2.18.